The summed E-state index contributed by atoms with van der Waals surface area (Å²) in [5.41, 5.74) is 0. The van der Waals surface area contributed by atoms with Gasteiger partial charge < -0.3 is 5.32 Å². The smallest absolute Gasteiger partial charge is 0.208 e. The lowest BCUT2D eigenvalue weighted by Crippen LogP contribution is -2.26. The maximum Gasteiger partial charge on any atom is 0.208 e. The van der Waals surface area contributed by atoms with E-state index in [-0.39, 0.29) is 0 Å². The molecular formula is C8H17N3O2S. The summed E-state index contributed by atoms with van der Waals surface area (Å²) < 4.78 is 23.7. The monoisotopic (exact) mass is 219 g/mol. The van der Waals surface area contributed by atoms with Gasteiger partial charge in [-0.05, 0) is 25.9 Å². The van der Waals surface area contributed by atoms with Gasteiger partial charge in [0.15, 0.2) is 0 Å². The van der Waals surface area contributed by atoms with Crippen molar-refractivity contribution in [3.63, 3.8) is 0 Å². The molecule has 14 heavy (non-hydrogen) atoms. The molecule has 0 aliphatic carbocycles. The van der Waals surface area contributed by atoms with E-state index in [0.717, 1.165) is 32.2 Å². The normalized spacial score (nSPS) is 11.1. The number of sulfonamides is 1. The van der Waals surface area contributed by atoms with Gasteiger partial charge in [-0.2, -0.15) is 5.26 Å². The SMILES string of the molecule is CS(=O)(=O)NCCCNCCCC#N. The fourth-order valence-corrected chi connectivity index (χ4v) is 1.40. The molecule has 0 aromatic carbocycles. The number of hydrogen-bond acceptors (Lipinski definition) is 4. The zero-order chi connectivity index (χ0) is 10.9. The lowest BCUT2D eigenvalue weighted by Gasteiger charge is -2.03. The second-order valence-corrected chi connectivity index (χ2v) is 4.86. The second kappa shape index (κ2) is 7.74. The zero-order valence-electron chi connectivity index (χ0n) is 8.41. The van der Waals surface area contributed by atoms with E-state index in [1.54, 1.807) is 0 Å². The zero-order valence-corrected chi connectivity index (χ0v) is 9.23. The summed E-state index contributed by atoms with van der Waals surface area (Å²) in [5, 5.41) is 11.4. The molecule has 0 saturated heterocycles. The van der Waals surface area contributed by atoms with Crippen molar-refractivity contribution in [3.05, 3.63) is 0 Å². The lowest BCUT2D eigenvalue weighted by atomic mass is 10.3. The molecule has 0 heterocycles. The highest BCUT2D eigenvalue weighted by molar-refractivity contribution is 7.88. The molecule has 0 atom stereocenters. The Morgan fingerprint density at radius 3 is 2.43 bits per heavy atom. The van der Waals surface area contributed by atoms with Gasteiger partial charge >= 0.3 is 0 Å². The van der Waals surface area contributed by atoms with E-state index >= 15 is 0 Å². The maximum absolute atomic E-state index is 10.6. The highest BCUT2D eigenvalue weighted by Gasteiger charge is 1.97. The minimum atomic E-state index is -3.05. The van der Waals surface area contributed by atoms with Crippen LogP contribution in [0.5, 0.6) is 0 Å². The quantitative estimate of drug-likeness (QED) is 0.555. The Bertz CT molecular complexity index is 269. The standard InChI is InChI=1S/C8H17N3O2S/c1-14(12,13)11-8-4-7-10-6-3-2-5-9/h10-11H,2-4,6-8H2,1H3. The Morgan fingerprint density at radius 1 is 1.21 bits per heavy atom. The molecule has 0 aliphatic heterocycles. The summed E-state index contributed by atoms with van der Waals surface area (Å²) in [6.45, 7) is 2.05. The van der Waals surface area contributed by atoms with Crippen molar-refractivity contribution in [2.24, 2.45) is 0 Å². The third kappa shape index (κ3) is 11.4. The Balaban J connectivity index is 3.12. The van der Waals surface area contributed by atoms with Gasteiger partial charge in [0.1, 0.15) is 0 Å². The van der Waals surface area contributed by atoms with E-state index in [1.807, 2.05) is 0 Å². The molecular weight excluding hydrogens is 202 g/mol. The van der Waals surface area contributed by atoms with E-state index < -0.39 is 10.0 Å². The minimum absolute atomic E-state index is 0.462. The maximum atomic E-state index is 10.6. The van der Waals surface area contributed by atoms with Crippen molar-refractivity contribution in [2.75, 3.05) is 25.9 Å². The van der Waals surface area contributed by atoms with Gasteiger partial charge in [-0.15, -0.1) is 0 Å². The Hall–Kier alpha value is -0.640. The summed E-state index contributed by atoms with van der Waals surface area (Å²) >= 11 is 0. The summed E-state index contributed by atoms with van der Waals surface area (Å²) in [5.74, 6) is 0. The van der Waals surface area contributed by atoms with Crippen LogP contribution in [-0.4, -0.2) is 34.3 Å². The lowest BCUT2D eigenvalue weighted by molar-refractivity contribution is 0.577. The molecule has 0 aromatic rings. The summed E-state index contributed by atoms with van der Waals surface area (Å²) in [7, 11) is -3.05. The molecule has 0 fully saturated rings. The van der Waals surface area contributed by atoms with Crippen LogP contribution < -0.4 is 10.0 Å². The first-order valence-corrected chi connectivity index (χ1v) is 6.47. The predicted molar refractivity (Wildman–Crippen MR) is 55.2 cm³/mol. The van der Waals surface area contributed by atoms with Crippen molar-refractivity contribution >= 4 is 10.0 Å². The highest BCUT2D eigenvalue weighted by atomic mass is 32.2. The van der Waals surface area contributed by atoms with Gasteiger partial charge in [0.25, 0.3) is 0 Å². The topological polar surface area (TPSA) is 82.0 Å². The fourth-order valence-electron chi connectivity index (χ4n) is 0.888. The molecule has 0 spiro atoms. The number of hydrogen-bond donors (Lipinski definition) is 2. The fraction of sp³-hybridized carbons (Fsp3) is 0.875. The van der Waals surface area contributed by atoms with Gasteiger partial charge in [-0.3, -0.25) is 0 Å². The molecule has 5 nitrogen and oxygen atoms in total. The number of unbranched alkanes of at least 4 members (excludes halogenated alkanes) is 1. The summed E-state index contributed by atoms with van der Waals surface area (Å²) in [6, 6.07) is 2.06. The Morgan fingerprint density at radius 2 is 1.86 bits per heavy atom. The number of rotatable bonds is 8. The van der Waals surface area contributed by atoms with Crippen molar-refractivity contribution in [1.82, 2.24) is 10.0 Å². The van der Waals surface area contributed by atoms with E-state index in [2.05, 4.69) is 16.1 Å². The molecule has 0 bridgehead atoms. The van der Waals surface area contributed by atoms with Gasteiger partial charge in [0.05, 0.1) is 12.3 Å². The molecule has 0 unspecified atom stereocenters. The van der Waals surface area contributed by atoms with Crippen LogP contribution in [0.3, 0.4) is 0 Å². The first-order chi connectivity index (χ1) is 6.56. The van der Waals surface area contributed by atoms with E-state index in [9.17, 15) is 8.42 Å². The largest absolute Gasteiger partial charge is 0.317 e. The predicted octanol–water partition coefficient (Wildman–Crippen LogP) is -0.181. The third-order valence-corrected chi connectivity index (χ3v) is 2.27. The first kappa shape index (κ1) is 13.4. The van der Waals surface area contributed by atoms with Crippen molar-refractivity contribution < 1.29 is 8.42 Å². The van der Waals surface area contributed by atoms with E-state index in [1.165, 1.54) is 0 Å². The van der Waals surface area contributed by atoms with Crippen LogP contribution in [0, 0.1) is 11.3 Å². The van der Waals surface area contributed by atoms with Crippen LogP contribution >= 0.6 is 0 Å². The van der Waals surface area contributed by atoms with Crippen molar-refractivity contribution in [2.45, 2.75) is 19.3 Å². The van der Waals surface area contributed by atoms with E-state index in [4.69, 9.17) is 5.26 Å². The average Bonchev–Trinajstić information content (AvgIpc) is 2.08. The second-order valence-electron chi connectivity index (χ2n) is 3.03. The number of nitrogens with one attached hydrogen (secondary N) is 2. The third-order valence-electron chi connectivity index (χ3n) is 1.54. The average molecular weight is 219 g/mol. The molecule has 0 amide bonds. The van der Waals surface area contributed by atoms with Crippen molar-refractivity contribution in [3.8, 4) is 6.07 Å². The number of nitriles is 1. The van der Waals surface area contributed by atoms with E-state index in [0.29, 0.717) is 13.0 Å². The molecule has 6 heteroatoms. The summed E-state index contributed by atoms with van der Waals surface area (Å²) in [6.07, 6.45) is 3.32. The Labute approximate surface area is 85.5 Å². The van der Waals surface area contributed by atoms with Gasteiger partial charge in [-0.25, -0.2) is 13.1 Å². The highest BCUT2D eigenvalue weighted by Crippen LogP contribution is 1.83. The summed E-state index contributed by atoms with van der Waals surface area (Å²) in [4.78, 5) is 0. The van der Waals surface area contributed by atoms with Gasteiger partial charge in [0.2, 0.25) is 10.0 Å². The van der Waals surface area contributed by atoms with Crippen LogP contribution in [0.1, 0.15) is 19.3 Å². The molecule has 0 rings (SSSR count). The van der Waals surface area contributed by atoms with Crippen LogP contribution in [0.15, 0.2) is 0 Å². The first-order valence-electron chi connectivity index (χ1n) is 4.58. The van der Waals surface area contributed by atoms with Crippen LogP contribution in [-0.2, 0) is 10.0 Å². The van der Waals surface area contributed by atoms with Gasteiger partial charge in [0, 0.05) is 13.0 Å². The van der Waals surface area contributed by atoms with Crippen LogP contribution in [0.2, 0.25) is 0 Å². The molecule has 0 radical (unpaired) electrons. The molecule has 82 valence electrons. The molecule has 2 N–H and O–H groups in total. The van der Waals surface area contributed by atoms with Crippen LogP contribution in [0.4, 0.5) is 0 Å². The molecule has 0 aromatic heterocycles. The number of nitrogens with zero attached hydrogens (tertiary/aromatic N) is 1. The van der Waals surface area contributed by atoms with Crippen LogP contribution in [0.25, 0.3) is 0 Å². The Kier molecular flexibility index (Phi) is 7.38. The van der Waals surface area contributed by atoms with Gasteiger partial charge in [-0.1, -0.05) is 0 Å². The molecule has 0 aliphatic rings. The minimum Gasteiger partial charge on any atom is -0.317 e. The van der Waals surface area contributed by atoms with Crippen molar-refractivity contribution in [1.29, 1.82) is 5.26 Å². The molecule has 0 saturated carbocycles.